The molecule has 1 aromatic rings. The number of hydrogen-bond donors (Lipinski definition) is 1. The van der Waals surface area contributed by atoms with E-state index in [4.69, 9.17) is 0 Å². The molecule has 0 amide bonds. The van der Waals surface area contributed by atoms with Crippen molar-refractivity contribution in [2.45, 2.75) is 58.5 Å². The molecule has 0 spiro atoms. The van der Waals surface area contributed by atoms with Crippen LogP contribution in [0.1, 0.15) is 50.7 Å². The van der Waals surface area contributed by atoms with Crippen LogP contribution in [0.15, 0.2) is 24.3 Å². The molecule has 1 unspecified atom stereocenters. The van der Waals surface area contributed by atoms with Crippen molar-refractivity contribution in [3.8, 4) is 0 Å². The van der Waals surface area contributed by atoms with Gasteiger partial charge in [0, 0.05) is 19.1 Å². The number of benzene rings is 1. The number of piperidine rings is 1. The Bertz CT molecular complexity index is 383. The number of nitrogens with zero attached hydrogens (tertiary/aromatic N) is 1. The normalized spacial score (nSPS) is 19.4. The average Bonchev–Trinajstić information content (AvgIpc) is 2.49. The predicted molar refractivity (Wildman–Crippen MR) is 87.0 cm³/mol. The minimum absolute atomic E-state index is 0.698. The van der Waals surface area contributed by atoms with Crippen molar-refractivity contribution in [3.05, 3.63) is 35.4 Å². The second-order valence-electron chi connectivity index (χ2n) is 6.00. The second-order valence-corrected chi connectivity index (χ2v) is 6.00. The number of nitrogens with one attached hydrogen (secondary N) is 1. The van der Waals surface area contributed by atoms with Crippen LogP contribution in [0.4, 0.5) is 0 Å². The summed E-state index contributed by atoms with van der Waals surface area (Å²) in [6.07, 6.45) is 6.46. The van der Waals surface area contributed by atoms with E-state index in [-0.39, 0.29) is 0 Å². The van der Waals surface area contributed by atoms with E-state index in [0.29, 0.717) is 6.04 Å². The van der Waals surface area contributed by atoms with E-state index in [1.807, 2.05) is 0 Å². The summed E-state index contributed by atoms with van der Waals surface area (Å²) in [7, 11) is 0. The first kappa shape index (κ1) is 15.5. The van der Waals surface area contributed by atoms with Crippen molar-refractivity contribution in [3.63, 3.8) is 0 Å². The molecule has 1 aliphatic heterocycles. The van der Waals surface area contributed by atoms with Gasteiger partial charge in [-0.2, -0.15) is 0 Å². The Morgan fingerprint density at radius 3 is 2.60 bits per heavy atom. The smallest absolute Gasteiger partial charge is 0.0237 e. The molecule has 0 saturated carbocycles. The molecule has 1 aromatic carbocycles. The van der Waals surface area contributed by atoms with E-state index >= 15 is 0 Å². The highest BCUT2D eigenvalue weighted by Gasteiger charge is 2.16. The molecule has 0 radical (unpaired) electrons. The summed E-state index contributed by atoms with van der Waals surface area (Å²) in [5.41, 5.74) is 3.02. The molecule has 2 nitrogen and oxygen atoms in total. The number of rotatable bonds is 7. The van der Waals surface area contributed by atoms with Crippen molar-refractivity contribution < 1.29 is 0 Å². The van der Waals surface area contributed by atoms with E-state index in [0.717, 1.165) is 13.0 Å². The molecule has 2 rings (SSSR count). The summed E-state index contributed by atoms with van der Waals surface area (Å²) >= 11 is 0. The predicted octanol–water partition coefficient (Wildman–Crippen LogP) is 3.60. The maximum atomic E-state index is 3.68. The molecule has 1 aliphatic rings. The molecule has 0 aliphatic carbocycles. The molecular formula is C18H30N2. The van der Waals surface area contributed by atoms with Gasteiger partial charge in [0.15, 0.2) is 0 Å². The average molecular weight is 274 g/mol. The standard InChI is InChI=1S/C18H30N2/c1-3-13-20(15-18-11-7-8-12-19-18)14-17-10-6-5-9-16(17)4-2/h5-6,9-10,18-19H,3-4,7-8,11-15H2,1-2H3. The van der Waals surface area contributed by atoms with E-state index in [1.54, 1.807) is 0 Å². The molecule has 1 atom stereocenters. The molecule has 0 aromatic heterocycles. The van der Waals surface area contributed by atoms with Crippen LogP contribution in [0.3, 0.4) is 0 Å². The Morgan fingerprint density at radius 1 is 1.15 bits per heavy atom. The third kappa shape index (κ3) is 4.60. The quantitative estimate of drug-likeness (QED) is 0.817. The Morgan fingerprint density at radius 2 is 1.95 bits per heavy atom. The van der Waals surface area contributed by atoms with Gasteiger partial charge in [-0.05, 0) is 49.9 Å². The lowest BCUT2D eigenvalue weighted by Crippen LogP contribution is -2.43. The fourth-order valence-electron chi connectivity index (χ4n) is 3.24. The lowest BCUT2D eigenvalue weighted by molar-refractivity contribution is 0.217. The highest BCUT2D eigenvalue weighted by molar-refractivity contribution is 5.26. The van der Waals surface area contributed by atoms with Crippen molar-refractivity contribution in [1.29, 1.82) is 0 Å². The zero-order chi connectivity index (χ0) is 14.2. The lowest BCUT2D eigenvalue weighted by Gasteiger charge is -2.31. The lowest BCUT2D eigenvalue weighted by atomic mass is 10.0. The third-order valence-electron chi connectivity index (χ3n) is 4.32. The Balaban J connectivity index is 1.96. The van der Waals surface area contributed by atoms with Gasteiger partial charge < -0.3 is 5.32 Å². The van der Waals surface area contributed by atoms with Gasteiger partial charge >= 0.3 is 0 Å². The zero-order valence-electron chi connectivity index (χ0n) is 13.2. The third-order valence-corrected chi connectivity index (χ3v) is 4.32. The van der Waals surface area contributed by atoms with Crippen molar-refractivity contribution >= 4 is 0 Å². The van der Waals surface area contributed by atoms with Gasteiger partial charge in [0.25, 0.3) is 0 Å². The van der Waals surface area contributed by atoms with Crippen LogP contribution in [0.25, 0.3) is 0 Å². The largest absolute Gasteiger partial charge is 0.313 e. The van der Waals surface area contributed by atoms with Crippen molar-refractivity contribution in [2.75, 3.05) is 19.6 Å². The first-order valence-corrected chi connectivity index (χ1v) is 8.36. The van der Waals surface area contributed by atoms with Gasteiger partial charge in [-0.25, -0.2) is 0 Å². The molecule has 2 heteroatoms. The van der Waals surface area contributed by atoms with Crippen LogP contribution in [0.5, 0.6) is 0 Å². The summed E-state index contributed by atoms with van der Waals surface area (Å²) in [6, 6.07) is 9.62. The van der Waals surface area contributed by atoms with Crippen LogP contribution in [0.2, 0.25) is 0 Å². The monoisotopic (exact) mass is 274 g/mol. The molecule has 20 heavy (non-hydrogen) atoms. The summed E-state index contributed by atoms with van der Waals surface area (Å²) < 4.78 is 0. The Hall–Kier alpha value is -0.860. The van der Waals surface area contributed by atoms with Crippen LogP contribution >= 0.6 is 0 Å². The molecule has 112 valence electrons. The SMILES string of the molecule is CCCN(Cc1ccccc1CC)CC1CCCCN1. The second kappa shape index (κ2) is 8.43. The summed E-state index contributed by atoms with van der Waals surface area (Å²) in [6.45, 7) is 9.26. The minimum atomic E-state index is 0.698. The maximum Gasteiger partial charge on any atom is 0.0237 e. The van der Waals surface area contributed by atoms with E-state index in [9.17, 15) is 0 Å². The van der Waals surface area contributed by atoms with Crippen molar-refractivity contribution in [1.82, 2.24) is 10.2 Å². The fraction of sp³-hybridized carbons (Fsp3) is 0.667. The van der Waals surface area contributed by atoms with Gasteiger partial charge in [-0.15, -0.1) is 0 Å². The van der Waals surface area contributed by atoms with Crippen LogP contribution < -0.4 is 5.32 Å². The molecule has 1 fully saturated rings. The molecule has 1 heterocycles. The number of aryl methyl sites for hydroxylation is 1. The summed E-state index contributed by atoms with van der Waals surface area (Å²) in [5.74, 6) is 0. The van der Waals surface area contributed by atoms with Gasteiger partial charge in [0.05, 0.1) is 0 Å². The highest BCUT2D eigenvalue weighted by Crippen LogP contribution is 2.15. The van der Waals surface area contributed by atoms with E-state index in [2.05, 4.69) is 48.3 Å². The first-order valence-electron chi connectivity index (χ1n) is 8.36. The summed E-state index contributed by atoms with van der Waals surface area (Å²) in [5, 5.41) is 3.68. The molecule has 1 N–H and O–H groups in total. The van der Waals surface area contributed by atoms with Crippen LogP contribution in [0, 0.1) is 0 Å². The minimum Gasteiger partial charge on any atom is -0.313 e. The van der Waals surface area contributed by atoms with Gasteiger partial charge in [0.2, 0.25) is 0 Å². The van der Waals surface area contributed by atoms with Gasteiger partial charge in [0.1, 0.15) is 0 Å². The first-order chi connectivity index (χ1) is 9.83. The van der Waals surface area contributed by atoms with E-state index in [1.165, 1.54) is 56.4 Å². The van der Waals surface area contributed by atoms with E-state index < -0.39 is 0 Å². The Labute approximate surface area is 124 Å². The molecular weight excluding hydrogens is 244 g/mol. The van der Waals surface area contributed by atoms with Crippen LogP contribution in [-0.2, 0) is 13.0 Å². The fourth-order valence-corrected chi connectivity index (χ4v) is 3.24. The van der Waals surface area contributed by atoms with Gasteiger partial charge in [-0.1, -0.05) is 44.5 Å². The summed E-state index contributed by atoms with van der Waals surface area (Å²) in [4.78, 5) is 2.64. The molecule has 0 bridgehead atoms. The maximum absolute atomic E-state index is 3.68. The Kier molecular flexibility index (Phi) is 6.55. The highest BCUT2D eigenvalue weighted by atomic mass is 15.1. The van der Waals surface area contributed by atoms with Crippen molar-refractivity contribution in [2.24, 2.45) is 0 Å². The van der Waals surface area contributed by atoms with Gasteiger partial charge in [-0.3, -0.25) is 4.90 Å². The topological polar surface area (TPSA) is 15.3 Å². The molecule has 1 saturated heterocycles. The van der Waals surface area contributed by atoms with Crippen LogP contribution in [-0.4, -0.2) is 30.6 Å². The zero-order valence-corrected chi connectivity index (χ0v) is 13.2. The number of hydrogen-bond acceptors (Lipinski definition) is 2.